The highest BCUT2D eigenvalue weighted by Crippen LogP contribution is 2.27. The van der Waals surface area contributed by atoms with E-state index in [2.05, 4.69) is 10.5 Å². The number of halogens is 2. The van der Waals surface area contributed by atoms with E-state index in [0.717, 1.165) is 0 Å². The van der Waals surface area contributed by atoms with Crippen LogP contribution in [0.1, 0.15) is 21.5 Å². The van der Waals surface area contributed by atoms with Crippen molar-refractivity contribution in [2.45, 2.75) is 6.92 Å². The van der Waals surface area contributed by atoms with Crippen LogP contribution in [0.5, 0.6) is 11.5 Å². The minimum atomic E-state index is -0.635. The van der Waals surface area contributed by atoms with E-state index in [0.29, 0.717) is 16.1 Å². The highest BCUT2D eigenvalue weighted by molar-refractivity contribution is 6.36. The molecule has 9 nitrogen and oxygen atoms in total. The molecule has 1 amide bonds. The first-order valence-corrected chi connectivity index (χ1v) is 10.5. The number of benzene rings is 3. The van der Waals surface area contributed by atoms with Crippen molar-refractivity contribution >= 4 is 47.0 Å². The predicted molar refractivity (Wildman–Crippen MR) is 127 cm³/mol. The molecule has 0 aliphatic heterocycles. The van der Waals surface area contributed by atoms with E-state index in [4.69, 9.17) is 32.7 Å². The van der Waals surface area contributed by atoms with Crippen molar-refractivity contribution in [3.8, 4) is 11.5 Å². The average Bonchev–Trinajstić information content (AvgIpc) is 2.79. The van der Waals surface area contributed by atoms with Gasteiger partial charge in [-0.2, -0.15) is 5.10 Å². The summed E-state index contributed by atoms with van der Waals surface area (Å²) in [5.41, 5.74) is 3.53. The molecule has 3 aromatic carbocycles. The van der Waals surface area contributed by atoms with Gasteiger partial charge in [-0.05, 0) is 66.6 Å². The first kappa shape index (κ1) is 24.7. The van der Waals surface area contributed by atoms with Crippen LogP contribution in [0.2, 0.25) is 10.0 Å². The van der Waals surface area contributed by atoms with Crippen LogP contribution in [-0.2, 0) is 4.79 Å². The van der Waals surface area contributed by atoms with Crippen LogP contribution in [0.15, 0.2) is 65.8 Å². The molecular formula is C23H17Cl2N3O6. The maximum atomic E-state index is 12.2. The van der Waals surface area contributed by atoms with E-state index in [-0.39, 0.29) is 27.8 Å². The first-order valence-electron chi connectivity index (χ1n) is 9.70. The normalized spacial score (nSPS) is 10.7. The number of hydrogen-bond donors (Lipinski definition) is 1. The Bertz CT molecular complexity index is 1260. The molecule has 0 saturated heterocycles. The van der Waals surface area contributed by atoms with Gasteiger partial charge in [-0.1, -0.05) is 29.3 Å². The highest BCUT2D eigenvalue weighted by atomic mass is 35.5. The third kappa shape index (κ3) is 6.77. The molecule has 0 heterocycles. The number of carbonyl (C=O) groups is 2. The Kier molecular flexibility index (Phi) is 8.18. The number of nitrogens with one attached hydrogen (secondary N) is 1. The summed E-state index contributed by atoms with van der Waals surface area (Å²) >= 11 is 11.8. The second-order valence-corrected chi connectivity index (χ2v) is 7.74. The van der Waals surface area contributed by atoms with Crippen molar-refractivity contribution in [2.75, 3.05) is 6.61 Å². The quantitative estimate of drug-likeness (QED) is 0.153. The molecule has 0 saturated carbocycles. The van der Waals surface area contributed by atoms with Crippen LogP contribution in [0.4, 0.5) is 5.69 Å². The molecule has 174 valence electrons. The number of amides is 1. The topological polar surface area (TPSA) is 120 Å². The Hall–Kier alpha value is -3.95. The summed E-state index contributed by atoms with van der Waals surface area (Å²) in [5, 5.41) is 15.5. The van der Waals surface area contributed by atoms with Crippen LogP contribution < -0.4 is 14.9 Å². The number of carbonyl (C=O) groups excluding carboxylic acids is 2. The van der Waals surface area contributed by atoms with Gasteiger partial charge in [0.15, 0.2) is 12.4 Å². The molecule has 34 heavy (non-hydrogen) atoms. The molecule has 0 unspecified atom stereocenters. The molecule has 0 aromatic heterocycles. The van der Waals surface area contributed by atoms with Gasteiger partial charge in [0.05, 0.1) is 21.7 Å². The zero-order chi connectivity index (χ0) is 24.7. The van der Waals surface area contributed by atoms with Crippen molar-refractivity contribution < 1.29 is 24.0 Å². The molecule has 0 aliphatic rings. The van der Waals surface area contributed by atoms with E-state index in [1.165, 1.54) is 36.5 Å². The summed E-state index contributed by atoms with van der Waals surface area (Å²) in [6.45, 7) is 1.26. The molecule has 0 aliphatic carbocycles. The predicted octanol–water partition coefficient (Wildman–Crippen LogP) is 4.96. The van der Waals surface area contributed by atoms with Gasteiger partial charge >= 0.3 is 11.7 Å². The number of rotatable bonds is 8. The standard InChI is InChI=1S/C23H17Cl2N3O6/c1-14-2-9-21(20(10-14)28(31)32)33-13-22(29)27-26-12-15-3-6-17(7-4-15)34-23(30)18-8-5-16(24)11-19(18)25/h2-12H,13H2,1H3,(H,27,29)/b26-12+. The van der Waals surface area contributed by atoms with Gasteiger partial charge in [-0.15, -0.1) is 0 Å². The summed E-state index contributed by atoms with van der Waals surface area (Å²) in [5.74, 6) is -0.967. The number of nitrogens with zero attached hydrogens (tertiary/aromatic N) is 2. The van der Waals surface area contributed by atoms with Gasteiger partial charge in [-0.25, -0.2) is 10.2 Å². The van der Waals surface area contributed by atoms with Crippen LogP contribution in [0.3, 0.4) is 0 Å². The lowest BCUT2D eigenvalue weighted by Gasteiger charge is -2.07. The fraction of sp³-hybridized carbons (Fsp3) is 0.0870. The number of aryl methyl sites for hydroxylation is 1. The fourth-order valence-electron chi connectivity index (χ4n) is 2.69. The summed E-state index contributed by atoms with van der Waals surface area (Å²) in [6.07, 6.45) is 1.37. The SMILES string of the molecule is Cc1ccc(OCC(=O)N/N=C/c2ccc(OC(=O)c3ccc(Cl)cc3Cl)cc2)c([N+](=O)[O-])c1. The van der Waals surface area contributed by atoms with Gasteiger partial charge in [0.25, 0.3) is 5.91 Å². The molecule has 0 atom stereocenters. The van der Waals surface area contributed by atoms with Gasteiger partial charge < -0.3 is 9.47 Å². The van der Waals surface area contributed by atoms with E-state index in [9.17, 15) is 19.7 Å². The largest absolute Gasteiger partial charge is 0.477 e. The van der Waals surface area contributed by atoms with E-state index in [1.807, 2.05) is 0 Å². The molecule has 11 heteroatoms. The maximum absolute atomic E-state index is 12.2. The number of esters is 1. The molecule has 3 rings (SSSR count). The Morgan fingerprint density at radius 2 is 1.82 bits per heavy atom. The second-order valence-electron chi connectivity index (χ2n) is 6.89. The summed E-state index contributed by atoms with van der Waals surface area (Å²) < 4.78 is 10.5. The monoisotopic (exact) mass is 501 g/mol. The Labute approximate surface area is 204 Å². The number of hydrazone groups is 1. The first-order chi connectivity index (χ1) is 16.2. The van der Waals surface area contributed by atoms with Crippen LogP contribution in [-0.4, -0.2) is 29.6 Å². The molecule has 0 fully saturated rings. The molecule has 1 N–H and O–H groups in total. The minimum absolute atomic E-state index is 0.0141. The average molecular weight is 502 g/mol. The highest BCUT2D eigenvalue weighted by Gasteiger charge is 2.16. The molecule has 0 bridgehead atoms. The molecular weight excluding hydrogens is 485 g/mol. The molecule has 0 spiro atoms. The lowest BCUT2D eigenvalue weighted by Crippen LogP contribution is -2.24. The number of nitro benzene ring substituents is 1. The third-order valence-electron chi connectivity index (χ3n) is 4.31. The van der Waals surface area contributed by atoms with Gasteiger partial charge in [0, 0.05) is 11.1 Å². The molecule has 3 aromatic rings. The van der Waals surface area contributed by atoms with E-state index in [1.54, 1.807) is 37.3 Å². The lowest BCUT2D eigenvalue weighted by atomic mass is 10.2. The smallest absolute Gasteiger partial charge is 0.345 e. The number of nitro groups is 1. The van der Waals surface area contributed by atoms with Crippen molar-refractivity contribution in [1.29, 1.82) is 0 Å². The van der Waals surface area contributed by atoms with Gasteiger partial charge in [0.2, 0.25) is 0 Å². The van der Waals surface area contributed by atoms with Crippen molar-refractivity contribution in [2.24, 2.45) is 5.10 Å². The van der Waals surface area contributed by atoms with E-state index >= 15 is 0 Å². The Balaban J connectivity index is 1.51. The maximum Gasteiger partial charge on any atom is 0.345 e. The number of ether oxygens (including phenoxy) is 2. The van der Waals surface area contributed by atoms with Crippen LogP contribution in [0.25, 0.3) is 0 Å². The zero-order valence-electron chi connectivity index (χ0n) is 17.7. The lowest BCUT2D eigenvalue weighted by molar-refractivity contribution is -0.385. The van der Waals surface area contributed by atoms with Crippen molar-refractivity contribution in [3.63, 3.8) is 0 Å². The zero-order valence-corrected chi connectivity index (χ0v) is 19.2. The van der Waals surface area contributed by atoms with E-state index < -0.39 is 23.4 Å². The summed E-state index contributed by atoms with van der Waals surface area (Å²) in [6, 6.07) is 15.2. The van der Waals surface area contributed by atoms with Gasteiger partial charge in [-0.3, -0.25) is 14.9 Å². The van der Waals surface area contributed by atoms with Crippen molar-refractivity contribution in [1.82, 2.24) is 5.43 Å². The second kappa shape index (κ2) is 11.3. The number of hydrogen-bond acceptors (Lipinski definition) is 7. The van der Waals surface area contributed by atoms with Crippen LogP contribution in [0, 0.1) is 17.0 Å². The summed E-state index contributed by atoms with van der Waals surface area (Å²) in [4.78, 5) is 34.7. The third-order valence-corrected chi connectivity index (χ3v) is 4.86. The fourth-order valence-corrected chi connectivity index (χ4v) is 3.17. The minimum Gasteiger partial charge on any atom is -0.477 e. The van der Waals surface area contributed by atoms with Gasteiger partial charge in [0.1, 0.15) is 5.75 Å². The molecule has 0 radical (unpaired) electrons. The Morgan fingerprint density at radius 3 is 2.50 bits per heavy atom. The van der Waals surface area contributed by atoms with Crippen LogP contribution >= 0.6 is 23.2 Å². The van der Waals surface area contributed by atoms with Crippen molar-refractivity contribution in [3.05, 3.63) is 97.5 Å². The summed E-state index contributed by atoms with van der Waals surface area (Å²) in [7, 11) is 0. The Morgan fingerprint density at radius 1 is 1.09 bits per heavy atom.